The van der Waals surface area contributed by atoms with E-state index < -0.39 is 0 Å². The highest BCUT2D eigenvalue weighted by Gasteiger charge is 2.14. The first kappa shape index (κ1) is 11.9. The number of nitrogen functional groups attached to an aromatic ring is 1. The average molecular weight is 262 g/mol. The number of anilines is 1. The molecule has 5 heteroatoms. The summed E-state index contributed by atoms with van der Waals surface area (Å²) in [6.45, 7) is 0. The molecule has 0 saturated carbocycles. The molecule has 0 saturated heterocycles. The molecule has 5 nitrogen and oxygen atoms in total. The van der Waals surface area contributed by atoms with Gasteiger partial charge in [-0.1, -0.05) is 30.2 Å². The number of aromatic nitrogens is 3. The minimum atomic E-state index is -0.0373. The first-order valence-electron chi connectivity index (χ1n) is 5.87. The van der Waals surface area contributed by atoms with Crippen LogP contribution in [0.4, 0.5) is 5.82 Å². The molecule has 0 aliphatic heterocycles. The van der Waals surface area contributed by atoms with Crippen LogP contribution in [0.2, 0.25) is 0 Å². The third-order valence-electron chi connectivity index (χ3n) is 2.97. The first-order valence-corrected chi connectivity index (χ1v) is 5.87. The van der Waals surface area contributed by atoms with E-state index in [9.17, 15) is 5.11 Å². The van der Waals surface area contributed by atoms with Crippen molar-refractivity contribution in [3.63, 3.8) is 0 Å². The third-order valence-corrected chi connectivity index (χ3v) is 2.97. The molecule has 2 aromatic heterocycles. The van der Waals surface area contributed by atoms with E-state index in [0.29, 0.717) is 22.8 Å². The fraction of sp³-hybridized carbons (Fsp3) is 0. The fourth-order valence-corrected chi connectivity index (χ4v) is 2.01. The number of pyridine rings is 1. The number of hydrogen-bond acceptors (Lipinski definition) is 5. The highest BCUT2D eigenvalue weighted by Crippen LogP contribution is 2.32. The van der Waals surface area contributed by atoms with Gasteiger partial charge in [0.05, 0.1) is 0 Å². The Hall–Kier alpha value is -3.13. The molecule has 2 heterocycles. The van der Waals surface area contributed by atoms with E-state index in [4.69, 9.17) is 12.2 Å². The summed E-state index contributed by atoms with van der Waals surface area (Å²) < 4.78 is 0. The SMILES string of the molecule is C#Cc1cnc(-c2nnc(N)c3ccccc23)c(O)c1. The Balaban J connectivity index is 2.31. The lowest BCUT2D eigenvalue weighted by molar-refractivity contribution is 0.474. The summed E-state index contributed by atoms with van der Waals surface area (Å²) in [6, 6.07) is 8.88. The van der Waals surface area contributed by atoms with Gasteiger partial charge < -0.3 is 10.8 Å². The number of rotatable bonds is 1. The predicted molar refractivity (Wildman–Crippen MR) is 76.8 cm³/mol. The van der Waals surface area contributed by atoms with Crippen molar-refractivity contribution in [3.05, 3.63) is 42.1 Å². The van der Waals surface area contributed by atoms with Gasteiger partial charge in [-0.3, -0.25) is 0 Å². The van der Waals surface area contributed by atoms with Crippen LogP contribution in [0.25, 0.3) is 22.2 Å². The first-order chi connectivity index (χ1) is 9.70. The zero-order chi connectivity index (χ0) is 14.1. The Morgan fingerprint density at radius 3 is 2.55 bits per heavy atom. The average Bonchev–Trinajstić information content (AvgIpc) is 2.48. The molecule has 0 atom stereocenters. The van der Waals surface area contributed by atoms with Crippen molar-refractivity contribution in [2.24, 2.45) is 0 Å². The summed E-state index contributed by atoms with van der Waals surface area (Å²) in [5.41, 5.74) is 7.10. The van der Waals surface area contributed by atoms with Gasteiger partial charge in [0.15, 0.2) is 5.82 Å². The third kappa shape index (κ3) is 1.80. The maximum atomic E-state index is 10.0. The molecule has 20 heavy (non-hydrogen) atoms. The predicted octanol–water partition coefficient (Wildman–Crippen LogP) is 1.96. The molecule has 0 spiro atoms. The van der Waals surface area contributed by atoms with E-state index in [2.05, 4.69) is 21.1 Å². The number of benzene rings is 1. The Kier molecular flexibility index (Phi) is 2.70. The summed E-state index contributed by atoms with van der Waals surface area (Å²) in [5, 5.41) is 19.5. The zero-order valence-electron chi connectivity index (χ0n) is 10.4. The van der Waals surface area contributed by atoms with Crippen LogP contribution < -0.4 is 5.73 Å². The number of nitrogens with two attached hydrogens (primary N) is 1. The summed E-state index contributed by atoms with van der Waals surface area (Å²) in [5.74, 6) is 2.71. The molecule has 0 bridgehead atoms. The van der Waals surface area contributed by atoms with Crippen LogP contribution in [-0.4, -0.2) is 20.3 Å². The molecule has 0 aliphatic carbocycles. The van der Waals surface area contributed by atoms with Crippen LogP contribution in [0.15, 0.2) is 36.5 Å². The van der Waals surface area contributed by atoms with Gasteiger partial charge >= 0.3 is 0 Å². The lowest BCUT2D eigenvalue weighted by atomic mass is 10.1. The van der Waals surface area contributed by atoms with E-state index >= 15 is 0 Å². The second kappa shape index (κ2) is 4.52. The van der Waals surface area contributed by atoms with Gasteiger partial charge in [-0.05, 0) is 6.07 Å². The highest BCUT2D eigenvalue weighted by atomic mass is 16.3. The minimum Gasteiger partial charge on any atom is -0.506 e. The van der Waals surface area contributed by atoms with Crippen LogP contribution in [0.5, 0.6) is 5.75 Å². The summed E-state index contributed by atoms with van der Waals surface area (Å²) in [7, 11) is 0. The lowest BCUT2D eigenvalue weighted by Gasteiger charge is -2.07. The van der Waals surface area contributed by atoms with E-state index in [1.807, 2.05) is 24.3 Å². The molecular weight excluding hydrogens is 252 g/mol. The van der Waals surface area contributed by atoms with Crippen molar-refractivity contribution in [1.29, 1.82) is 0 Å². The van der Waals surface area contributed by atoms with Crippen LogP contribution >= 0.6 is 0 Å². The number of aromatic hydroxyl groups is 1. The number of terminal acetylenes is 1. The van der Waals surface area contributed by atoms with E-state index in [1.165, 1.54) is 12.3 Å². The zero-order valence-corrected chi connectivity index (χ0v) is 10.4. The summed E-state index contributed by atoms with van der Waals surface area (Å²) in [4.78, 5) is 4.16. The molecule has 3 N–H and O–H groups in total. The topological polar surface area (TPSA) is 84.9 Å². The van der Waals surface area contributed by atoms with E-state index in [0.717, 1.165) is 10.8 Å². The van der Waals surface area contributed by atoms with E-state index in [-0.39, 0.29) is 5.75 Å². The van der Waals surface area contributed by atoms with Crippen molar-refractivity contribution in [2.75, 3.05) is 5.73 Å². The van der Waals surface area contributed by atoms with Crippen molar-refractivity contribution in [3.8, 4) is 29.5 Å². The van der Waals surface area contributed by atoms with Gasteiger partial charge in [0, 0.05) is 22.5 Å². The van der Waals surface area contributed by atoms with Gasteiger partial charge in [0.2, 0.25) is 0 Å². The van der Waals surface area contributed by atoms with Gasteiger partial charge in [0.1, 0.15) is 17.1 Å². The quantitative estimate of drug-likeness (QED) is 0.655. The Morgan fingerprint density at radius 1 is 1.10 bits per heavy atom. The van der Waals surface area contributed by atoms with E-state index in [1.54, 1.807) is 0 Å². The van der Waals surface area contributed by atoms with Crippen molar-refractivity contribution >= 4 is 16.6 Å². The lowest BCUT2D eigenvalue weighted by Crippen LogP contribution is -1.98. The Labute approximate surface area is 115 Å². The maximum Gasteiger partial charge on any atom is 0.154 e. The molecule has 3 rings (SSSR count). The number of hydrogen-bond donors (Lipinski definition) is 2. The van der Waals surface area contributed by atoms with Crippen LogP contribution in [-0.2, 0) is 0 Å². The molecule has 96 valence electrons. The largest absolute Gasteiger partial charge is 0.506 e. The Bertz CT molecular complexity index is 852. The second-order valence-corrected chi connectivity index (χ2v) is 4.22. The van der Waals surface area contributed by atoms with Gasteiger partial charge in [-0.15, -0.1) is 16.6 Å². The summed E-state index contributed by atoms with van der Waals surface area (Å²) in [6.07, 6.45) is 6.77. The number of nitrogens with zero attached hydrogens (tertiary/aromatic N) is 3. The van der Waals surface area contributed by atoms with Crippen molar-refractivity contribution in [1.82, 2.24) is 15.2 Å². The van der Waals surface area contributed by atoms with Crippen molar-refractivity contribution in [2.45, 2.75) is 0 Å². The summed E-state index contributed by atoms with van der Waals surface area (Å²) >= 11 is 0. The monoisotopic (exact) mass is 262 g/mol. The molecule has 1 aromatic carbocycles. The molecule has 0 radical (unpaired) electrons. The standard InChI is InChI=1S/C15H10N4O/c1-2-9-7-12(20)14(17-8-9)13-10-5-3-4-6-11(10)15(16)19-18-13/h1,3-8,20H,(H2,16,19). The van der Waals surface area contributed by atoms with Gasteiger partial charge in [-0.25, -0.2) is 4.98 Å². The molecule has 0 aliphatic rings. The van der Waals surface area contributed by atoms with Gasteiger partial charge in [-0.2, -0.15) is 0 Å². The molecular formula is C15H10N4O. The van der Waals surface area contributed by atoms with Crippen LogP contribution in [0, 0.1) is 12.3 Å². The van der Waals surface area contributed by atoms with Gasteiger partial charge in [0.25, 0.3) is 0 Å². The number of fused-ring (bicyclic) bond motifs is 1. The van der Waals surface area contributed by atoms with Crippen LogP contribution in [0.3, 0.4) is 0 Å². The normalized spacial score (nSPS) is 10.3. The highest BCUT2D eigenvalue weighted by molar-refractivity contribution is 5.99. The molecule has 0 amide bonds. The minimum absolute atomic E-state index is 0.0373. The Morgan fingerprint density at radius 2 is 1.85 bits per heavy atom. The molecule has 0 fully saturated rings. The maximum absolute atomic E-state index is 10.0. The fourth-order valence-electron chi connectivity index (χ4n) is 2.01. The van der Waals surface area contributed by atoms with Crippen molar-refractivity contribution < 1.29 is 5.11 Å². The molecule has 0 unspecified atom stereocenters. The smallest absolute Gasteiger partial charge is 0.154 e. The van der Waals surface area contributed by atoms with Crippen LogP contribution in [0.1, 0.15) is 5.56 Å². The second-order valence-electron chi connectivity index (χ2n) is 4.22. The molecule has 3 aromatic rings.